The van der Waals surface area contributed by atoms with Crippen LogP contribution in [-0.4, -0.2) is 30.0 Å². The first-order chi connectivity index (χ1) is 10.8. The molecule has 0 amide bonds. The third-order valence-electron chi connectivity index (χ3n) is 2.93. The molecule has 6 nitrogen and oxygen atoms in total. The van der Waals surface area contributed by atoms with E-state index in [1.165, 1.54) is 6.92 Å². The number of rotatable bonds is 9. The van der Waals surface area contributed by atoms with E-state index in [9.17, 15) is 4.79 Å². The number of carbonyl (C=O) groups is 1. The van der Waals surface area contributed by atoms with Crippen molar-refractivity contribution in [2.75, 3.05) is 6.61 Å². The van der Waals surface area contributed by atoms with Crippen LogP contribution in [0.3, 0.4) is 0 Å². The van der Waals surface area contributed by atoms with Gasteiger partial charge in [-0.15, -0.1) is 0 Å². The maximum Gasteiger partial charge on any atom is 0.147 e. The average Bonchev–Trinajstić information content (AvgIpc) is 2.89. The van der Waals surface area contributed by atoms with Crippen LogP contribution >= 0.6 is 0 Å². The fourth-order valence-electron chi connectivity index (χ4n) is 1.65. The zero-order valence-corrected chi connectivity index (χ0v) is 15.5. The number of nitriles is 2. The Labute approximate surface area is 139 Å². The normalized spacial score (nSPS) is 10.2. The fourth-order valence-corrected chi connectivity index (χ4v) is 2.41. The molecule has 23 heavy (non-hydrogen) atoms. The Balaban J connectivity index is 0.00000149. The Bertz CT molecular complexity index is 550. The first-order valence-corrected chi connectivity index (χ1v) is 11.3. The van der Waals surface area contributed by atoms with Gasteiger partial charge in [-0.1, -0.05) is 19.6 Å². The minimum atomic E-state index is -1.06. The SMILES string of the molecule is CC#N.C[Si](C)(C)CCOCn1ccnc1CCC(=O)CC#N. The van der Waals surface area contributed by atoms with E-state index in [0.717, 1.165) is 18.5 Å². The summed E-state index contributed by atoms with van der Waals surface area (Å²) < 4.78 is 7.59. The van der Waals surface area contributed by atoms with Gasteiger partial charge < -0.3 is 9.30 Å². The summed E-state index contributed by atoms with van der Waals surface area (Å²) in [4.78, 5) is 15.6. The highest BCUT2D eigenvalue weighted by Crippen LogP contribution is 2.09. The van der Waals surface area contributed by atoms with Gasteiger partial charge in [-0.2, -0.15) is 10.5 Å². The van der Waals surface area contributed by atoms with E-state index in [0.29, 0.717) is 19.6 Å². The maximum atomic E-state index is 11.3. The number of aromatic nitrogens is 2. The molecule has 1 aromatic heterocycles. The van der Waals surface area contributed by atoms with E-state index >= 15 is 0 Å². The largest absolute Gasteiger partial charge is 0.361 e. The summed E-state index contributed by atoms with van der Waals surface area (Å²) in [5, 5.41) is 15.8. The Morgan fingerprint density at radius 2 is 2.04 bits per heavy atom. The summed E-state index contributed by atoms with van der Waals surface area (Å²) in [7, 11) is -1.06. The van der Waals surface area contributed by atoms with E-state index in [2.05, 4.69) is 24.6 Å². The average molecular weight is 334 g/mol. The van der Waals surface area contributed by atoms with Crippen molar-refractivity contribution in [3.8, 4) is 12.1 Å². The van der Waals surface area contributed by atoms with Gasteiger partial charge in [0.1, 0.15) is 18.3 Å². The monoisotopic (exact) mass is 334 g/mol. The van der Waals surface area contributed by atoms with Crippen LogP contribution in [0, 0.1) is 22.7 Å². The third-order valence-corrected chi connectivity index (χ3v) is 4.64. The highest BCUT2D eigenvalue weighted by molar-refractivity contribution is 6.76. The van der Waals surface area contributed by atoms with Crippen LogP contribution in [-0.2, 0) is 22.7 Å². The van der Waals surface area contributed by atoms with E-state index in [-0.39, 0.29) is 12.2 Å². The van der Waals surface area contributed by atoms with Crippen molar-refractivity contribution in [1.82, 2.24) is 9.55 Å². The lowest BCUT2D eigenvalue weighted by Gasteiger charge is -2.16. The van der Waals surface area contributed by atoms with Crippen molar-refractivity contribution < 1.29 is 9.53 Å². The number of imidazole rings is 1. The topological polar surface area (TPSA) is 91.7 Å². The van der Waals surface area contributed by atoms with Gasteiger partial charge in [0.25, 0.3) is 0 Å². The van der Waals surface area contributed by atoms with Crippen molar-refractivity contribution in [3.63, 3.8) is 0 Å². The molecule has 0 spiro atoms. The second-order valence-corrected chi connectivity index (χ2v) is 11.9. The lowest BCUT2D eigenvalue weighted by molar-refractivity contribution is -0.118. The van der Waals surface area contributed by atoms with E-state index in [1.807, 2.05) is 16.8 Å². The summed E-state index contributed by atoms with van der Waals surface area (Å²) in [5.41, 5.74) is 0. The van der Waals surface area contributed by atoms with E-state index < -0.39 is 8.07 Å². The van der Waals surface area contributed by atoms with Gasteiger partial charge in [-0.3, -0.25) is 4.79 Å². The van der Waals surface area contributed by atoms with Crippen molar-refractivity contribution in [1.29, 1.82) is 10.5 Å². The molecule has 1 aromatic rings. The molecule has 1 rings (SSSR count). The Morgan fingerprint density at radius 3 is 2.61 bits per heavy atom. The predicted octanol–water partition coefficient (Wildman–Crippen LogP) is 3.14. The lowest BCUT2D eigenvalue weighted by Crippen LogP contribution is -2.22. The number of ether oxygens (including phenoxy) is 1. The summed E-state index contributed by atoms with van der Waals surface area (Å²) in [6.45, 7) is 9.63. The molecule has 0 atom stereocenters. The van der Waals surface area contributed by atoms with E-state index in [4.69, 9.17) is 15.3 Å². The first kappa shape index (κ1) is 21.0. The number of nitrogens with zero attached hydrogens (tertiary/aromatic N) is 4. The van der Waals surface area contributed by atoms with Crippen molar-refractivity contribution in [3.05, 3.63) is 18.2 Å². The van der Waals surface area contributed by atoms with Crippen LogP contribution in [0.15, 0.2) is 12.4 Å². The summed E-state index contributed by atoms with van der Waals surface area (Å²) in [6.07, 6.45) is 4.47. The van der Waals surface area contributed by atoms with Crippen LogP contribution in [0.1, 0.15) is 25.6 Å². The number of ketones is 1. The molecule has 126 valence electrons. The molecule has 0 aromatic carbocycles. The van der Waals surface area contributed by atoms with Crippen molar-refractivity contribution >= 4 is 13.9 Å². The van der Waals surface area contributed by atoms with E-state index in [1.54, 1.807) is 12.3 Å². The van der Waals surface area contributed by atoms with Gasteiger partial charge in [0.05, 0.1) is 18.6 Å². The summed E-state index contributed by atoms with van der Waals surface area (Å²) in [6, 6.07) is 4.76. The Hall–Kier alpha value is -1.96. The summed E-state index contributed by atoms with van der Waals surface area (Å²) in [5.74, 6) is 0.797. The molecule has 0 aliphatic rings. The molecule has 0 N–H and O–H groups in total. The zero-order valence-electron chi connectivity index (χ0n) is 14.5. The quantitative estimate of drug-likeness (QED) is 0.511. The van der Waals surface area contributed by atoms with Gasteiger partial charge >= 0.3 is 0 Å². The van der Waals surface area contributed by atoms with Crippen LogP contribution in [0.5, 0.6) is 0 Å². The van der Waals surface area contributed by atoms with Crippen molar-refractivity contribution in [2.45, 2.75) is 58.6 Å². The Morgan fingerprint density at radius 1 is 1.39 bits per heavy atom. The molecule has 0 radical (unpaired) electrons. The highest BCUT2D eigenvalue weighted by Gasteiger charge is 2.12. The van der Waals surface area contributed by atoms with Crippen LogP contribution in [0.25, 0.3) is 0 Å². The fraction of sp³-hybridized carbons (Fsp3) is 0.625. The number of carbonyl (C=O) groups excluding carboxylic acids is 1. The number of hydrogen-bond donors (Lipinski definition) is 0. The van der Waals surface area contributed by atoms with Gasteiger partial charge in [-0.25, -0.2) is 4.98 Å². The molecule has 0 aliphatic carbocycles. The second-order valence-electron chi connectivity index (χ2n) is 6.26. The minimum Gasteiger partial charge on any atom is -0.361 e. The zero-order chi connectivity index (χ0) is 17.7. The number of Topliss-reactive ketones (excluding diaryl/α,β-unsaturated/α-hetero) is 1. The molecule has 0 bridgehead atoms. The van der Waals surface area contributed by atoms with Gasteiger partial charge in [0.2, 0.25) is 0 Å². The molecule has 1 heterocycles. The highest BCUT2D eigenvalue weighted by atomic mass is 28.3. The molecule has 0 fully saturated rings. The van der Waals surface area contributed by atoms with Crippen molar-refractivity contribution in [2.24, 2.45) is 0 Å². The smallest absolute Gasteiger partial charge is 0.147 e. The first-order valence-electron chi connectivity index (χ1n) is 7.61. The minimum absolute atomic E-state index is 0.0204. The maximum absolute atomic E-state index is 11.3. The molecule has 0 unspecified atom stereocenters. The number of aryl methyl sites for hydroxylation is 1. The number of hydrogen-bond acceptors (Lipinski definition) is 5. The molecular formula is C16H26N4O2Si. The van der Waals surface area contributed by atoms with Crippen LogP contribution in [0.2, 0.25) is 25.7 Å². The van der Waals surface area contributed by atoms with Gasteiger partial charge in [0, 0.05) is 46.8 Å². The summed E-state index contributed by atoms with van der Waals surface area (Å²) >= 11 is 0. The molecule has 0 saturated heterocycles. The Kier molecular flexibility index (Phi) is 10.6. The molecular weight excluding hydrogens is 308 g/mol. The molecule has 0 aliphatic heterocycles. The van der Waals surface area contributed by atoms with Gasteiger partial charge in [0.15, 0.2) is 0 Å². The third kappa shape index (κ3) is 11.3. The van der Waals surface area contributed by atoms with Crippen LogP contribution in [0.4, 0.5) is 0 Å². The lowest BCUT2D eigenvalue weighted by atomic mass is 10.2. The second kappa shape index (κ2) is 11.6. The molecule has 7 heteroatoms. The van der Waals surface area contributed by atoms with Crippen LogP contribution < -0.4 is 0 Å². The predicted molar refractivity (Wildman–Crippen MR) is 91.2 cm³/mol. The molecule has 0 saturated carbocycles. The standard InChI is InChI=1S/C14H23N3O2Si.C2H3N/c1-20(2,3)11-10-19-12-17-9-8-16-14(17)5-4-13(18)6-7-15;1-2-3/h8-9H,4-6,10-12H2,1-3H3;1H3. The van der Waals surface area contributed by atoms with Gasteiger partial charge in [-0.05, 0) is 6.04 Å².